The number of hydrogen-bond donors (Lipinski definition) is 3. The average molecular weight is 296 g/mol. The van der Waals surface area contributed by atoms with Crippen LogP contribution >= 0.6 is 0 Å². The molecule has 4 N–H and O–H groups in total. The largest absolute Gasteiger partial charge is 0.481 e. The highest BCUT2D eigenvalue weighted by atomic mass is 16.4. The molecule has 0 aromatic rings. The molecule has 21 heavy (non-hydrogen) atoms. The molecular formula is C15H24N2O4. The smallest absolute Gasteiger partial charge is 0.307 e. The van der Waals surface area contributed by atoms with Crippen molar-refractivity contribution in [3.05, 3.63) is 0 Å². The van der Waals surface area contributed by atoms with Crippen molar-refractivity contribution in [3.8, 4) is 0 Å². The van der Waals surface area contributed by atoms with Gasteiger partial charge in [0.2, 0.25) is 11.8 Å². The minimum Gasteiger partial charge on any atom is -0.481 e. The SMILES string of the molecule is NC(=O)C1CCC(NC(=O)[C@@H]2CCCC[C@@H]2C(=O)O)CC1. The van der Waals surface area contributed by atoms with E-state index in [9.17, 15) is 19.5 Å². The van der Waals surface area contributed by atoms with Crippen molar-refractivity contribution < 1.29 is 19.5 Å². The molecule has 0 bridgehead atoms. The predicted octanol–water partition coefficient (Wildman–Crippen LogP) is 1.04. The van der Waals surface area contributed by atoms with E-state index in [1.165, 1.54) is 0 Å². The van der Waals surface area contributed by atoms with E-state index in [1.807, 2.05) is 0 Å². The highest BCUT2D eigenvalue weighted by Crippen LogP contribution is 2.31. The molecule has 0 aromatic heterocycles. The van der Waals surface area contributed by atoms with Gasteiger partial charge in [0.05, 0.1) is 11.8 Å². The van der Waals surface area contributed by atoms with Gasteiger partial charge in [-0.25, -0.2) is 0 Å². The van der Waals surface area contributed by atoms with Crippen LogP contribution in [0.15, 0.2) is 0 Å². The molecule has 2 atom stereocenters. The molecule has 0 unspecified atom stereocenters. The fourth-order valence-electron chi connectivity index (χ4n) is 3.57. The van der Waals surface area contributed by atoms with E-state index in [1.54, 1.807) is 0 Å². The van der Waals surface area contributed by atoms with Crippen LogP contribution in [-0.2, 0) is 14.4 Å². The zero-order valence-electron chi connectivity index (χ0n) is 12.2. The lowest BCUT2D eigenvalue weighted by Crippen LogP contribution is -2.45. The molecule has 2 aliphatic carbocycles. The molecule has 2 saturated carbocycles. The second kappa shape index (κ2) is 6.91. The minimum atomic E-state index is -0.868. The normalized spacial score (nSPS) is 33.1. The van der Waals surface area contributed by atoms with Crippen molar-refractivity contribution in [3.63, 3.8) is 0 Å². The molecule has 6 heteroatoms. The number of carbonyl (C=O) groups is 3. The summed E-state index contributed by atoms with van der Waals surface area (Å²) in [4.78, 5) is 34.7. The third-order valence-electron chi connectivity index (χ3n) is 4.90. The van der Waals surface area contributed by atoms with Gasteiger partial charge in [-0.15, -0.1) is 0 Å². The molecule has 2 fully saturated rings. The second-order valence-electron chi connectivity index (χ2n) is 6.30. The maximum atomic E-state index is 12.3. The Morgan fingerprint density at radius 1 is 0.905 bits per heavy atom. The molecular weight excluding hydrogens is 272 g/mol. The van der Waals surface area contributed by atoms with Crippen LogP contribution in [0.2, 0.25) is 0 Å². The van der Waals surface area contributed by atoms with Crippen LogP contribution in [0.25, 0.3) is 0 Å². The molecule has 0 radical (unpaired) electrons. The summed E-state index contributed by atoms with van der Waals surface area (Å²) in [6.45, 7) is 0. The van der Waals surface area contributed by atoms with E-state index < -0.39 is 17.8 Å². The van der Waals surface area contributed by atoms with Crippen LogP contribution < -0.4 is 11.1 Å². The van der Waals surface area contributed by atoms with Gasteiger partial charge in [-0.05, 0) is 38.5 Å². The van der Waals surface area contributed by atoms with E-state index in [0.29, 0.717) is 25.7 Å². The van der Waals surface area contributed by atoms with Crippen molar-refractivity contribution in [2.45, 2.75) is 57.4 Å². The maximum Gasteiger partial charge on any atom is 0.307 e. The summed E-state index contributed by atoms with van der Waals surface area (Å²) < 4.78 is 0. The lowest BCUT2D eigenvalue weighted by molar-refractivity contribution is -0.149. The Labute approximate surface area is 124 Å². The van der Waals surface area contributed by atoms with Crippen LogP contribution in [0, 0.1) is 17.8 Å². The van der Waals surface area contributed by atoms with E-state index in [4.69, 9.17) is 5.73 Å². The van der Waals surface area contributed by atoms with Crippen molar-refractivity contribution in [1.82, 2.24) is 5.32 Å². The van der Waals surface area contributed by atoms with Crippen LogP contribution in [0.5, 0.6) is 0 Å². The standard InChI is InChI=1S/C15H24N2O4/c16-13(18)9-5-7-10(8-6-9)17-14(19)11-3-1-2-4-12(11)15(20)21/h9-12H,1-8H2,(H2,16,18)(H,17,19)(H,20,21)/t9?,10?,11-,12+/m1/s1. The van der Waals surface area contributed by atoms with Crippen LogP contribution in [0.3, 0.4) is 0 Å². The van der Waals surface area contributed by atoms with Gasteiger partial charge >= 0.3 is 5.97 Å². The molecule has 0 aliphatic heterocycles. The van der Waals surface area contributed by atoms with Gasteiger partial charge in [-0.3, -0.25) is 14.4 Å². The number of primary amides is 1. The number of rotatable bonds is 4. The topological polar surface area (TPSA) is 109 Å². The minimum absolute atomic E-state index is 0.0458. The highest BCUT2D eigenvalue weighted by Gasteiger charge is 2.36. The number of hydrogen-bond acceptors (Lipinski definition) is 3. The first kappa shape index (κ1) is 15.8. The highest BCUT2D eigenvalue weighted by molar-refractivity contribution is 5.85. The first-order valence-electron chi connectivity index (χ1n) is 7.81. The monoisotopic (exact) mass is 296 g/mol. The quantitative estimate of drug-likeness (QED) is 0.720. The number of carboxylic acid groups (broad SMARTS) is 1. The average Bonchev–Trinajstić information content (AvgIpc) is 2.47. The lowest BCUT2D eigenvalue weighted by atomic mass is 9.78. The zero-order chi connectivity index (χ0) is 15.4. The fourth-order valence-corrected chi connectivity index (χ4v) is 3.57. The Bertz CT molecular complexity index is 416. The summed E-state index contributed by atoms with van der Waals surface area (Å²) >= 11 is 0. The Morgan fingerprint density at radius 3 is 2.00 bits per heavy atom. The van der Waals surface area contributed by atoms with E-state index in [0.717, 1.165) is 25.7 Å². The van der Waals surface area contributed by atoms with Gasteiger partial charge < -0.3 is 16.2 Å². The third-order valence-corrected chi connectivity index (χ3v) is 4.90. The molecule has 0 saturated heterocycles. The number of carboxylic acids is 1. The van der Waals surface area contributed by atoms with E-state index >= 15 is 0 Å². The first-order valence-corrected chi connectivity index (χ1v) is 7.81. The molecule has 6 nitrogen and oxygen atoms in total. The predicted molar refractivity (Wildman–Crippen MR) is 76.2 cm³/mol. The Balaban J connectivity index is 1.86. The molecule has 2 amide bonds. The molecule has 2 rings (SSSR count). The lowest BCUT2D eigenvalue weighted by Gasteiger charge is -2.32. The van der Waals surface area contributed by atoms with Crippen molar-refractivity contribution in [2.24, 2.45) is 23.5 Å². The van der Waals surface area contributed by atoms with Crippen LogP contribution in [-0.4, -0.2) is 28.9 Å². The van der Waals surface area contributed by atoms with E-state index in [-0.39, 0.29) is 23.8 Å². The van der Waals surface area contributed by atoms with Crippen LogP contribution in [0.4, 0.5) is 0 Å². The summed E-state index contributed by atoms with van der Waals surface area (Å²) in [5, 5.41) is 12.2. The molecule has 0 heterocycles. The molecule has 0 spiro atoms. The Hall–Kier alpha value is -1.59. The summed E-state index contributed by atoms with van der Waals surface area (Å²) in [7, 11) is 0. The number of nitrogens with one attached hydrogen (secondary N) is 1. The van der Waals surface area contributed by atoms with Gasteiger partial charge in [0.1, 0.15) is 0 Å². The maximum absolute atomic E-state index is 12.3. The number of amides is 2. The molecule has 2 aliphatic rings. The molecule has 118 valence electrons. The zero-order valence-corrected chi connectivity index (χ0v) is 12.2. The van der Waals surface area contributed by atoms with Crippen LogP contribution in [0.1, 0.15) is 51.4 Å². The van der Waals surface area contributed by atoms with Gasteiger partial charge in [0.25, 0.3) is 0 Å². The van der Waals surface area contributed by atoms with Crippen molar-refractivity contribution in [1.29, 1.82) is 0 Å². The third kappa shape index (κ3) is 3.95. The second-order valence-corrected chi connectivity index (χ2v) is 6.30. The Kier molecular flexibility index (Phi) is 5.20. The molecule has 0 aromatic carbocycles. The van der Waals surface area contributed by atoms with Crippen molar-refractivity contribution >= 4 is 17.8 Å². The summed E-state index contributed by atoms with van der Waals surface area (Å²) in [5.41, 5.74) is 5.29. The van der Waals surface area contributed by atoms with Gasteiger partial charge in [0.15, 0.2) is 0 Å². The number of aliphatic carboxylic acids is 1. The van der Waals surface area contributed by atoms with Gasteiger partial charge in [0, 0.05) is 12.0 Å². The number of nitrogens with two attached hydrogens (primary N) is 1. The summed E-state index contributed by atoms with van der Waals surface area (Å²) in [5.74, 6) is -2.32. The number of carbonyl (C=O) groups excluding carboxylic acids is 2. The first-order chi connectivity index (χ1) is 9.99. The summed E-state index contributed by atoms with van der Waals surface area (Å²) in [6, 6.07) is 0.0458. The Morgan fingerprint density at radius 2 is 1.48 bits per heavy atom. The fraction of sp³-hybridized carbons (Fsp3) is 0.800. The summed E-state index contributed by atoms with van der Waals surface area (Å²) in [6.07, 6.45) is 5.91. The van der Waals surface area contributed by atoms with Gasteiger partial charge in [-0.1, -0.05) is 12.8 Å². The van der Waals surface area contributed by atoms with Gasteiger partial charge in [-0.2, -0.15) is 0 Å². The van der Waals surface area contributed by atoms with E-state index in [2.05, 4.69) is 5.32 Å². The van der Waals surface area contributed by atoms with Crippen molar-refractivity contribution in [2.75, 3.05) is 0 Å².